The van der Waals surface area contributed by atoms with E-state index in [0.29, 0.717) is 13.0 Å². The number of halogens is 3. The number of unbranched alkanes of at least 4 members (excludes halogenated alkanes) is 3. The number of ketones is 1. The SMILES string of the molecule is NCCCCCCC(=O)c1ccccc1OC(F)(F)F. The van der Waals surface area contributed by atoms with E-state index in [0.717, 1.165) is 25.3 Å². The molecule has 0 amide bonds. The Kier molecular flexibility index (Phi) is 6.51. The number of nitrogens with two attached hydrogens (primary N) is 1. The van der Waals surface area contributed by atoms with Gasteiger partial charge in [-0.05, 0) is 31.5 Å². The second kappa shape index (κ2) is 7.89. The van der Waals surface area contributed by atoms with E-state index in [1.165, 1.54) is 18.2 Å². The second-order valence-electron chi connectivity index (χ2n) is 4.42. The number of rotatable bonds is 8. The Bertz CT molecular complexity index is 433. The van der Waals surface area contributed by atoms with Crippen LogP contribution in [0.25, 0.3) is 0 Å². The van der Waals surface area contributed by atoms with E-state index in [-0.39, 0.29) is 17.8 Å². The summed E-state index contributed by atoms with van der Waals surface area (Å²) in [5.74, 6) is -0.774. The van der Waals surface area contributed by atoms with Gasteiger partial charge in [0.15, 0.2) is 5.78 Å². The highest BCUT2D eigenvalue weighted by Crippen LogP contribution is 2.27. The Morgan fingerprint density at radius 1 is 1.10 bits per heavy atom. The second-order valence-corrected chi connectivity index (χ2v) is 4.42. The lowest BCUT2D eigenvalue weighted by Crippen LogP contribution is -2.19. The van der Waals surface area contributed by atoms with Crippen LogP contribution in [0.2, 0.25) is 0 Å². The van der Waals surface area contributed by atoms with Crippen molar-refractivity contribution in [1.82, 2.24) is 0 Å². The van der Waals surface area contributed by atoms with Crippen LogP contribution in [0.1, 0.15) is 42.5 Å². The summed E-state index contributed by atoms with van der Waals surface area (Å²) in [7, 11) is 0. The van der Waals surface area contributed by atoms with Crippen LogP contribution in [-0.2, 0) is 0 Å². The lowest BCUT2D eigenvalue weighted by Gasteiger charge is -2.12. The standard InChI is InChI=1S/C14H18F3NO2/c15-14(16,17)20-13-9-5-4-7-11(13)12(19)8-3-1-2-6-10-18/h4-5,7,9H,1-3,6,8,10,18H2. The Morgan fingerprint density at radius 3 is 2.40 bits per heavy atom. The zero-order chi connectivity index (χ0) is 15.0. The molecule has 0 saturated heterocycles. The predicted molar refractivity (Wildman–Crippen MR) is 69.6 cm³/mol. The van der Waals surface area contributed by atoms with Gasteiger partial charge in [-0.3, -0.25) is 4.79 Å². The first kappa shape index (κ1) is 16.5. The van der Waals surface area contributed by atoms with Crippen LogP contribution >= 0.6 is 0 Å². The summed E-state index contributed by atoms with van der Waals surface area (Å²) < 4.78 is 40.6. The first-order chi connectivity index (χ1) is 9.44. The van der Waals surface area contributed by atoms with Gasteiger partial charge in [0.25, 0.3) is 0 Å². The number of ether oxygens (including phenoxy) is 1. The molecule has 0 spiro atoms. The van der Waals surface area contributed by atoms with E-state index in [9.17, 15) is 18.0 Å². The van der Waals surface area contributed by atoms with E-state index in [1.54, 1.807) is 0 Å². The molecule has 2 N–H and O–H groups in total. The molecule has 0 atom stereocenters. The predicted octanol–water partition coefficient (Wildman–Crippen LogP) is 3.68. The third kappa shape index (κ3) is 6.06. The van der Waals surface area contributed by atoms with Gasteiger partial charge in [-0.25, -0.2) is 0 Å². The topological polar surface area (TPSA) is 52.3 Å². The average Bonchev–Trinajstić information content (AvgIpc) is 2.37. The Hall–Kier alpha value is -1.56. The molecule has 0 aliphatic rings. The Balaban J connectivity index is 2.59. The number of hydrogen-bond donors (Lipinski definition) is 1. The fourth-order valence-electron chi connectivity index (χ4n) is 1.83. The summed E-state index contributed by atoms with van der Waals surface area (Å²) in [6.45, 7) is 0.607. The fourth-order valence-corrected chi connectivity index (χ4v) is 1.83. The molecule has 0 aliphatic carbocycles. The summed E-state index contributed by atoms with van der Waals surface area (Å²) >= 11 is 0. The van der Waals surface area contributed by atoms with Crippen LogP contribution < -0.4 is 10.5 Å². The number of carbonyl (C=O) groups excluding carboxylic acids is 1. The fraction of sp³-hybridized carbons (Fsp3) is 0.500. The van der Waals surface area contributed by atoms with Crippen molar-refractivity contribution in [2.75, 3.05) is 6.54 Å². The maximum Gasteiger partial charge on any atom is 0.573 e. The first-order valence-electron chi connectivity index (χ1n) is 6.52. The van der Waals surface area contributed by atoms with Crippen molar-refractivity contribution in [2.24, 2.45) is 5.73 Å². The molecular weight excluding hydrogens is 271 g/mol. The number of para-hydroxylation sites is 1. The number of alkyl halides is 3. The van der Waals surface area contributed by atoms with Gasteiger partial charge in [0.1, 0.15) is 5.75 Å². The highest BCUT2D eigenvalue weighted by Gasteiger charge is 2.32. The van der Waals surface area contributed by atoms with Crippen LogP contribution in [0, 0.1) is 0 Å². The highest BCUT2D eigenvalue weighted by atomic mass is 19.4. The van der Waals surface area contributed by atoms with E-state index in [4.69, 9.17) is 5.73 Å². The molecule has 0 heterocycles. The van der Waals surface area contributed by atoms with Crippen molar-refractivity contribution in [2.45, 2.75) is 38.5 Å². The third-order valence-electron chi connectivity index (χ3n) is 2.77. The van der Waals surface area contributed by atoms with Gasteiger partial charge < -0.3 is 10.5 Å². The van der Waals surface area contributed by atoms with E-state index < -0.39 is 12.1 Å². The quantitative estimate of drug-likeness (QED) is 0.586. The molecular formula is C14H18F3NO2. The molecule has 3 nitrogen and oxygen atoms in total. The van der Waals surface area contributed by atoms with Crippen LogP contribution in [0.3, 0.4) is 0 Å². The lowest BCUT2D eigenvalue weighted by molar-refractivity contribution is -0.274. The number of benzene rings is 1. The largest absolute Gasteiger partial charge is 0.573 e. The zero-order valence-corrected chi connectivity index (χ0v) is 11.1. The first-order valence-corrected chi connectivity index (χ1v) is 6.52. The molecule has 0 saturated carbocycles. The van der Waals surface area contributed by atoms with E-state index in [1.807, 2.05) is 0 Å². The summed E-state index contributed by atoms with van der Waals surface area (Å²) in [5.41, 5.74) is 5.33. The molecule has 112 valence electrons. The lowest BCUT2D eigenvalue weighted by atomic mass is 10.0. The Labute approximate surface area is 115 Å². The van der Waals surface area contributed by atoms with Gasteiger partial charge in [-0.15, -0.1) is 13.2 Å². The molecule has 0 aliphatic heterocycles. The third-order valence-corrected chi connectivity index (χ3v) is 2.77. The minimum absolute atomic E-state index is 0.0244. The maximum atomic E-state index is 12.2. The van der Waals surface area contributed by atoms with Gasteiger partial charge >= 0.3 is 6.36 Å². The molecule has 1 aromatic rings. The molecule has 0 fully saturated rings. The normalized spacial score (nSPS) is 11.4. The minimum Gasteiger partial charge on any atom is -0.405 e. The van der Waals surface area contributed by atoms with Crippen molar-refractivity contribution in [3.63, 3.8) is 0 Å². The van der Waals surface area contributed by atoms with Crippen LogP contribution in [0.5, 0.6) is 5.75 Å². The van der Waals surface area contributed by atoms with Gasteiger partial charge in [0.2, 0.25) is 0 Å². The molecule has 0 bridgehead atoms. The van der Waals surface area contributed by atoms with Crippen LogP contribution in [0.4, 0.5) is 13.2 Å². The van der Waals surface area contributed by atoms with E-state index in [2.05, 4.69) is 4.74 Å². The zero-order valence-electron chi connectivity index (χ0n) is 11.1. The molecule has 1 rings (SSSR count). The monoisotopic (exact) mass is 289 g/mol. The molecule has 20 heavy (non-hydrogen) atoms. The van der Waals surface area contributed by atoms with Crippen molar-refractivity contribution >= 4 is 5.78 Å². The van der Waals surface area contributed by atoms with Crippen LogP contribution in [-0.4, -0.2) is 18.7 Å². The van der Waals surface area contributed by atoms with Crippen molar-refractivity contribution in [1.29, 1.82) is 0 Å². The van der Waals surface area contributed by atoms with Gasteiger partial charge in [0, 0.05) is 6.42 Å². The summed E-state index contributed by atoms with van der Waals surface area (Å²) in [6, 6.07) is 5.42. The summed E-state index contributed by atoms with van der Waals surface area (Å²) in [4.78, 5) is 11.9. The summed E-state index contributed by atoms with van der Waals surface area (Å²) in [5, 5.41) is 0. The number of Topliss-reactive ketones (excluding diaryl/α,β-unsaturated/α-hetero) is 1. The highest BCUT2D eigenvalue weighted by molar-refractivity contribution is 5.98. The van der Waals surface area contributed by atoms with Crippen molar-refractivity contribution < 1.29 is 22.7 Å². The van der Waals surface area contributed by atoms with Gasteiger partial charge in [-0.2, -0.15) is 0 Å². The smallest absolute Gasteiger partial charge is 0.405 e. The van der Waals surface area contributed by atoms with Crippen molar-refractivity contribution in [3.05, 3.63) is 29.8 Å². The number of hydrogen-bond acceptors (Lipinski definition) is 3. The number of carbonyl (C=O) groups is 1. The Morgan fingerprint density at radius 2 is 1.75 bits per heavy atom. The summed E-state index contributed by atoms with van der Waals surface area (Å²) in [6.07, 6.45) is -1.29. The van der Waals surface area contributed by atoms with Gasteiger partial charge in [0.05, 0.1) is 5.56 Å². The molecule has 0 radical (unpaired) electrons. The maximum absolute atomic E-state index is 12.2. The van der Waals surface area contributed by atoms with Crippen LogP contribution in [0.15, 0.2) is 24.3 Å². The van der Waals surface area contributed by atoms with Crippen molar-refractivity contribution in [3.8, 4) is 5.75 Å². The molecule has 6 heteroatoms. The van der Waals surface area contributed by atoms with Gasteiger partial charge in [-0.1, -0.05) is 25.0 Å². The molecule has 0 aromatic heterocycles. The minimum atomic E-state index is -4.79. The average molecular weight is 289 g/mol. The van der Waals surface area contributed by atoms with E-state index >= 15 is 0 Å². The molecule has 0 unspecified atom stereocenters. The molecule has 1 aromatic carbocycles.